The summed E-state index contributed by atoms with van der Waals surface area (Å²) in [6.07, 6.45) is 1.23. The van der Waals surface area contributed by atoms with Crippen molar-refractivity contribution in [3.63, 3.8) is 0 Å². The summed E-state index contributed by atoms with van der Waals surface area (Å²) in [5, 5.41) is 0. The summed E-state index contributed by atoms with van der Waals surface area (Å²) in [5.41, 5.74) is 2.81. The highest BCUT2D eigenvalue weighted by Gasteiger charge is 2.59. The van der Waals surface area contributed by atoms with Crippen LogP contribution >= 0.6 is 0 Å². The van der Waals surface area contributed by atoms with Crippen LogP contribution in [0.15, 0.2) is 89.8 Å². The Hall–Kier alpha value is -3.16. The minimum absolute atomic E-state index is 0.0696. The molecule has 2 amide bonds. The van der Waals surface area contributed by atoms with Gasteiger partial charge in [0.2, 0.25) is 0 Å². The van der Waals surface area contributed by atoms with Gasteiger partial charge < -0.3 is 4.90 Å². The highest BCUT2D eigenvalue weighted by atomic mass is 32.2. The summed E-state index contributed by atoms with van der Waals surface area (Å²) in [7, 11) is -3.23. The van der Waals surface area contributed by atoms with Crippen molar-refractivity contribution in [3.05, 3.63) is 96.1 Å². The van der Waals surface area contributed by atoms with E-state index in [9.17, 15) is 13.2 Å². The van der Waals surface area contributed by atoms with Crippen molar-refractivity contribution in [3.8, 4) is 0 Å². The average Bonchev–Trinajstić information content (AvgIpc) is 3.35. The third-order valence-electron chi connectivity index (χ3n) is 7.52. The first-order valence-corrected chi connectivity index (χ1v) is 14.8. The van der Waals surface area contributed by atoms with E-state index in [0.717, 1.165) is 30.9 Å². The largest absolute Gasteiger partial charge is 0.325 e. The molecule has 1 spiro atoms. The molecule has 0 bridgehead atoms. The number of amides is 2. The topological polar surface area (TPSA) is 60.9 Å². The number of sulfone groups is 1. The van der Waals surface area contributed by atoms with E-state index in [1.165, 1.54) is 11.8 Å². The summed E-state index contributed by atoms with van der Waals surface area (Å²) in [5.74, 6) is 0.503. The molecule has 0 saturated carbocycles. The first-order valence-electron chi connectivity index (χ1n) is 12.9. The van der Waals surface area contributed by atoms with Crippen molar-refractivity contribution in [1.82, 2.24) is 9.80 Å². The van der Waals surface area contributed by atoms with Crippen LogP contribution in [0.4, 0.5) is 10.5 Å². The molecule has 5 rings (SSSR count). The van der Waals surface area contributed by atoms with Crippen molar-refractivity contribution in [1.29, 1.82) is 0 Å². The molecule has 2 fully saturated rings. The van der Waals surface area contributed by atoms with Crippen molar-refractivity contribution < 1.29 is 13.2 Å². The molecule has 0 radical (unpaired) electrons. The van der Waals surface area contributed by atoms with Crippen LogP contribution in [0.3, 0.4) is 0 Å². The molecule has 0 unspecified atom stereocenters. The fourth-order valence-electron chi connectivity index (χ4n) is 6.03. The average molecular weight is 518 g/mol. The van der Waals surface area contributed by atoms with Gasteiger partial charge in [-0.2, -0.15) is 0 Å². The van der Waals surface area contributed by atoms with E-state index < -0.39 is 15.4 Å². The number of benzene rings is 3. The Morgan fingerprint density at radius 1 is 0.892 bits per heavy atom. The molecular formula is C30H35N3O3S. The van der Waals surface area contributed by atoms with Gasteiger partial charge in [0.15, 0.2) is 9.84 Å². The molecule has 3 aromatic rings. The summed E-state index contributed by atoms with van der Waals surface area (Å²) < 4.78 is 23.8. The van der Waals surface area contributed by atoms with Crippen LogP contribution in [0.5, 0.6) is 0 Å². The number of hydrogen-bond donors (Lipinski definition) is 0. The van der Waals surface area contributed by atoms with Gasteiger partial charge in [0, 0.05) is 50.6 Å². The third kappa shape index (κ3) is 5.03. The van der Waals surface area contributed by atoms with Crippen LogP contribution in [0, 0.1) is 5.92 Å². The number of carbonyl (C=O) groups excluding carboxylic acids is 1. The molecule has 2 saturated heterocycles. The van der Waals surface area contributed by atoms with Gasteiger partial charge in [-0.15, -0.1) is 0 Å². The maximum atomic E-state index is 14.0. The number of hydrogen-bond acceptors (Lipinski definition) is 4. The third-order valence-corrected chi connectivity index (χ3v) is 8.65. The number of rotatable bonds is 7. The van der Waals surface area contributed by atoms with Gasteiger partial charge in [-0.1, -0.05) is 74.5 Å². The Labute approximate surface area is 220 Å². The Morgan fingerprint density at radius 2 is 1.51 bits per heavy atom. The maximum absolute atomic E-state index is 14.0. The zero-order chi connectivity index (χ0) is 26.2. The number of urea groups is 1. The number of nitrogens with zero attached hydrogens (tertiary/aromatic N) is 3. The highest BCUT2D eigenvalue weighted by Crippen LogP contribution is 2.47. The molecule has 3 aromatic carbocycles. The zero-order valence-corrected chi connectivity index (χ0v) is 22.6. The molecule has 2 aliphatic heterocycles. The predicted molar refractivity (Wildman–Crippen MR) is 147 cm³/mol. The standard InChI is InChI=1S/C30H35N3O3S/c1-23(2)18-32-22-30(33(29(32)34)26-12-8-5-9-13-26)21-31(20-28(30)25-10-6-4-7-11-25)19-24-14-16-27(17-15-24)37(3,35)36/h4-17,23,28H,18-22H2,1-3H3/t28-,30+/m1/s1. The molecule has 7 heteroatoms. The second-order valence-corrected chi connectivity index (χ2v) is 12.9. The number of anilines is 1. The minimum atomic E-state index is -3.23. The van der Waals surface area contributed by atoms with Gasteiger partial charge >= 0.3 is 6.03 Å². The predicted octanol–water partition coefficient (Wildman–Crippen LogP) is 5.03. The Kier molecular flexibility index (Phi) is 6.86. The van der Waals surface area contributed by atoms with Crippen molar-refractivity contribution in [2.45, 2.75) is 36.7 Å². The van der Waals surface area contributed by atoms with Gasteiger partial charge in [0.05, 0.1) is 10.4 Å². The molecule has 37 heavy (non-hydrogen) atoms. The quantitative estimate of drug-likeness (QED) is 0.441. The summed E-state index contributed by atoms with van der Waals surface area (Å²) in [6, 6.07) is 27.8. The van der Waals surface area contributed by atoms with Crippen LogP contribution in [0.25, 0.3) is 0 Å². The Morgan fingerprint density at radius 3 is 2.11 bits per heavy atom. The molecule has 0 N–H and O–H groups in total. The monoisotopic (exact) mass is 517 g/mol. The maximum Gasteiger partial charge on any atom is 0.325 e. The second kappa shape index (κ2) is 9.95. The van der Waals surface area contributed by atoms with E-state index in [2.05, 4.69) is 47.9 Å². The molecule has 0 aliphatic carbocycles. The highest BCUT2D eigenvalue weighted by molar-refractivity contribution is 7.90. The lowest BCUT2D eigenvalue weighted by molar-refractivity contribution is 0.212. The Bertz CT molecular complexity index is 1340. The van der Waals surface area contributed by atoms with E-state index >= 15 is 0 Å². The van der Waals surface area contributed by atoms with Crippen LogP contribution in [-0.4, -0.2) is 62.2 Å². The van der Waals surface area contributed by atoms with Gasteiger partial charge in [0.1, 0.15) is 0 Å². The van der Waals surface area contributed by atoms with Crippen molar-refractivity contribution in [2.75, 3.05) is 37.3 Å². The molecule has 2 heterocycles. The van der Waals surface area contributed by atoms with E-state index in [1.807, 2.05) is 53.4 Å². The molecule has 6 nitrogen and oxygen atoms in total. The van der Waals surface area contributed by atoms with Crippen LogP contribution in [-0.2, 0) is 16.4 Å². The lowest BCUT2D eigenvalue weighted by atomic mass is 9.81. The molecule has 2 aliphatic rings. The van der Waals surface area contributed by atoms with Crippen LogP contribution < -0.4 is 4.90 Å². The molecule has 0 aromatic heterocycles. The SMILES string of the molecule is CC(C)CN1C[C@]2(CN(Cc3ccc(S(C)(=O)=O)cc3)C[C@@H]2c2ccccc2)N(c2ccccc2)C1=O. The second-order valence-electron chi connectivity index (χ2n) is 10.9. The van der Waals surface area contributed by atoms with Crippen molar-refractivity contribution >= 4 is 21.6 Å². The fraction of sp³-hybridized carbons (Fsp3) is 0.367. The smallest absolute Gasteiger partial charge is 0.322 e. The van der Waals surface area contributed by atoms with Crippen molar-refractivity contribution in [2.24, 2.45) is 5.92 Å². The fourth-order valence-corrected chi connectivity index (χ4v) is 6.66. The molecule has 2 atom stereocenters. The number of likely N-dealkylation sites (tertiary alicyclic amines) is 1. The minimum Gasteiger partial charge on any atom is -0.322 e. The van der Waals surface area contributed by atoms with E-state index in [1.54, 1.807) is 12.1 Å². The van der Waals surface area contributed by atoms with Gasteiger partial charge in [-0.25, -0.2) is 13.2 Å². The van der Waals surface area contributed by atoms with E-state index in [0.29, 0.717) is 23.9 Å². The lowest BCUT2D eigenvalue weighted by Gasteiger charge is -2.38. The first kappa shape index (κ1) is 25.5. The first-order chi connectivity index (χ1) is 17.7. The van der Waals surface area contributed by atoms with Gasteiger partial charge in [0.25, 0.3) is 0 Å². The summed E-state index contributed by atoms with van der Waals surface area (Å²) >= 11 is 0. The van der Waals surface area contributed by atoms with E-state index in [4.69, 9.17) is 0 Å². The summed E-state index contributed by atoms with van der Waals surface area (Å²) in [4.78, 5) is 20.8. The normalized spacial score (nSPS) is 22.5. The molecule has 194 valence electrons. The lowest BCUT2D eigenvalue weighted by Crippen LogP contribution is -2.53. The number of carbonyl (C=O) groups is 1. The summed E-state index contributed by atoms with van der Waals surface area (Å²) in [6.45, 7) is 7.93. The van der Waals surface area contributed by atoms with E-state index in [-0.39, 0.29) is 11.9 Å². The molecular weight excluding hydrogens is 482 g/mol. The van der Waals surface area contributed by atoms with Crippen LogP contribution in [0.1, 0.15) is 30.9 Å². The van der Waals surface area contributed by atoms with Gasteiger partial charge in [-0.05, 0) is 41.3 Å². The zero-order valence-electron chi connectivity index (χ0n) is 21.7. The van der Waals surface area contributed by atoms with Crippen LogP contribution in [0.2, 0.25) is 0 Å². The number of para-hydroxylation sites is 1. The Balaban J connectivity index is 1.54. The van der Waals surface area contributed by atoms with Gasteiger partial charge in [-0.3, -0.25) is 9.80 Å².